The summed E-state index contributed by atoms with van der Waals surface area (Å²) in [4.78, 5) is 19.9. The first kappa shape index (κ1) is 16.2. The van der Waals surface area contributed by atoms with Gasteiger partial charge in [-0.1, -0.05) is 42.5 Å². The van der Waals surface area contributed by atoms with E-state index in [9.17, 15) is 4.79 Å². The Hall–Kier alpha value is -2.99. The molecule has 1 amide bonds. The van der Waals surface area contributed by atoms with Crippen molar-refractivity contribution in [3.8, 4) is 11.4 Å². The molecule has 2 aliphatic rings. The standard InChI is InChI=1S/C21H20N4O2/c1-14-20-22-19(15-6-3-2-4-7-15)23-25(20)11-10-24(14)21(26)17-9-5-8-16-12-27-13-18(16)17/h2-9,14H,10-13H2,1H3/t14-/m0/s1. The molecule has 3 aromatic rings. The van der Waals surface area contributed by atoms with Crippen molar-refractivity contribution in [1.29, 1.82) is 0 Å². The minimum atomic E-state index is -0.130. The zero-order valence-electron chi connectivity index (χ0n) is 15.1. The molecule has 5 rings (SSSR count). The van der Waals surface area contributed by atoms with Crippen molar-refractivity contribution in [2.24, 2.45) is 0 Å². The number of fused-ring (bicyclic) bond motifs is 2. The Morgan fingerprint density at radius 1 is 1.07 bits per heavy atom. The SMILES string of the molecule is C[C@H]1c2nc(-c3ccccc3)nn2CCN1C(=O)c1cccc2c1COC2. The molecule has 136 valence electrons. The number of carbonyl (C=O) groups is 1. The van der Waals surface area contributed by atoms with Gasteiger partial charge in [-0.3, -0.25) is 4.79 Å². The van der Waals surface area contributed by atoms with Gasteiger partial charge in [0.2, 0.25) is 0 Å². The molecule has 0 N–H and O–H groups in total. The molecule has 0 saturated heterocycles. The Balaban J connectivity index is 1.47. The molecular formula is C21H20N4O2. The first-order valence-electron chi connectivity index (χ1n) is 9.22. The molecule has 0 saturated carbocycles. The second-order valence-electron chi connectivity index (χ2n) is 6.99. The third kappa shape index (κ3) is 2.64. The van der Waals surface area contributed by atoms with Gasteiger partial charge in [-0.25, -0.2) is 9.67 Å². The van der Waals surface area contributed by atoms with E-state index < -0.39 is 0 Å². The van der Waals surface area contributed by atoms with Gasteiger partial charge in [0.1, 0.15) is 5.82 Å². The summed E-state index contributed by atoms with van der Waals surface area (Å²) in [5.41, 5.74) is 3.86. The summed E-state index contributed by atoms with van der Waals surface area (Å²) >= 11 is 0. The van der Waals surface area contributed by atoms with Crippen LogP contribution >= 0.6 is 0 Å². The van der Waals surface area contributed by atoms with E-state index in [0.29, 0.717) is 32.1 Å². The molecule has 27 heavy (non-hydrogen) atoms. The van der Waals surface area contributed by atoms with E-state index >= 15 is 0 Å². The van der Waals surface area contributed by atoms with Crippen LogP contribution in [-0.4, -0.2) is 32.1 Å². The van der Waals surface area contributed by atoms with Crippen molar-refractivity contribution in [3.05, 3.63) is 71.0 Å². The van der Waals surface area contributed by atoms with Gasteiger partial charge in [-0.2, -0.15) is 5.10 Å². The maximum atomic E-state index is 13.3. The van der Waals surface area contributed by atoms with Crippen LogP contribution in [0.3, 0.4) is 0 Å². The lowest BCUT2D eigenvalue weighted by atomic mass is 10.0. The highest BCUT2D eigenvalue weighted by Crippen LogP contribution is 2.30. The third-order valence-corrected chi connectivity index (χ3v) is 5.39. The quantitative estimate of drug-likeness (QED) is 0.704. The molecule has 2 aromatic carbocycles. The summed E-state index contributed by atoms with van der Waals surface area (Å²) in [7, 11) is 0. The summed E-state index contributed by atoms with van der Waals surface area (Å²) in [6.07, 6.45) is 0. The summed E-state index contributed by atoms with van der Waals surface area (Å²) < 4.78 is 7.46. The minimum Gasteiger partial charge on any atom is -0.372 e. The zero-order valence-corrected chi connectivity index (χ0v) is 15.1. The van der Waals surface area contributed by atoms with E-state index in [1.807, 2.05) is 65.0 Å². The molecule has 0 radical (unpaired) electrons. The average Bonchev–Trinajstić information content (AvgIpc) is 3.35. The molecule has 0 aliphatic carbocycles. The lowest BCUT2D eigenvalue weighted by Gasteiger charge is -2.33. The molecule has 6 nitrogen and oxygen atoms in total. The number of nitrogens with zero attached hydrogens (tertiary/aromatic N) is 4. The van der Waals surface area contributed by atoms with Crippen LogP contribution in [0.5, 0.6) is 0 Å². The van der Waals surface area contributed by atoms with Gasteiger partial charge in [0.05, 0.1) is 25.8 Å². The summed E-state index contributed by atoms with van der Waals surface area (Å²) in [6, 6.07) is 15.7. The number of hydrogen-bond donors (Lipinski definition) is 0. The van der Waals surface area contributed by atoms with E-state index in [1.165, 1.54) is 0 Å². The second-order valence-corrected chi connectivity index (χ2v) is 6.99. The fourth-order valence-electron chi connectivity index (χ4n) is 3.91. The van der Waals surface area contributed by atoms with Crippen LogP contribution in [0.15, 0.2) is 48.5 Å². The number of hydrogen-bond acceptors (Lipinski definition) is 4. The highest BCUT2D eigenvalue weighted by atomic mass is 16.5. The molecule has 1 aromatic heterocycles. The molecule has 2 aliphatic heterocycles. The Morgan fingerprint density at radius 3 is 2.78 bits per heavy atom. The fourth-order valence-corrected chi connectivity index (χ4v) is 3.91. The molecule has 1 atom stereocenters. The zero-order chi connectivity index (χ0) is 18.4. The molecule has 3 heterocycles. The number of aromatic nitrogens is 3. The third-order valence-electron chi connectivity index (χ3n) is 5.39. The molecule has 0 spiro atoms. The Bertz CT molecular complexity index is 1010. The predicted octanol–water partition coefficient (Wildman–Crippen LogP) is 3.19. The van der Waals surface area contributed by atoms with E-state index in [1.54, 1.807) is 0 Å². The van der Waals surface area contributed by atoms with Crippen molar-refractivity contribution >= 4 is 5.91 Å². The number of carbonyl (C=O) groups excluding carboxylic acids is 1. The van der Waals surface area contributed by atoms with Gasteiger partial charge in [-0.05, 0) is 24.1 Å². The molecule has 0 bridgehead atoms. The average molecular weight is 360 g/mol. The first-order valence-corrected chi connectivity index (χ1v) is 9.22. The Morgan fingerprint density at radius 2 is 1.93 bits per heavy atom. The van der Waals surface area contributed by atoms with Crippen molar-refractivity contribution in [2.45, 2.75) is 32.7 Å². The highest BCUT2D eigenvalue weighted by Gasteiger charge is 2.33. The van der Waals surface area contributed by atoms with Gasteiger partial charge in [0, 0.05) is 17.7 Å². The Kier molecular flexibility index (Phi) is 3.79. The van der Waals surface area contributed by atoms with Crippen LogP contribution in [-0.2, 0) is 24.5 Å². The van der Waals surface area contributed by atoms with Crippen molar-refractivity contribution in [3.63, 3.8) is 0 Å². The molecule has 6 heteroatoms. The van der Waals surface area contributed by atoms with Gasteiger partial charge in [0.15, 0.2) is 5.82 Å². The lowest BCUT2D eigenvalue weighted by Crippen LogP contribution is -2.41. The maximum Gasteiger partial charge on any atom is 0.254 e. The number of rotatable bonds is 2. The summed E-state index contributed by atoms with van der Waals surface area (Å²) in [6.45, 7) is 4.38. The van der Waals surface area contributed by atoms with Gasteiger partial charge < -0.3 is 9.64 Å². The summed E-state index contributed by atoms with van der Waals surface area (Å²) in [5.74, 6) is 1.58. The van der Waals surface area contributed by atoms with Gasteiger partial charge in [-0.15, -0.1) is 0 Å². The maximum absolute atomic E-state index is 13.3. The fraction of sp³-hybridized carbons (Fsp3) is 0.286. The largest absolute Gasteiger partial charge is 0.372 e. The number of ether oxygens (including phenoxy) is 1. The normalized spacial score (nSPS) is 18.3. The van der Waals surface area contributed by atoms with Crippen LogP contribution in [0.4, 0.5) is 0 Å². The minimum absolute atomic E-state index is 0.0420. The van der Waals surface area contributed by atoms with Crippen LogP contribution in [0.1, 0.15) is 40.3 Å². The van der Waals surface area contributed by atoms with Gasteiger partial charge >= 0.3 is 0 Å². The summed E-state index contributed by atoms with van der Waals surface area (Å²) in [5, 5.41) is 4.64. The van der Waals surface area contributed by atoms with Crippen molar-refractivity contribution in [2.75, 3.05) is 6.54 Å². The van der Waals surface area contributed by atoms with E-state index in [-0.39, 0.29) is 11.9 Å². The number of amides is 1. The van der Waals surface area contributed by atoms with Crippen molar-refractivity contribution < 1.29 is 9.53 Å². The topological polar surface area (TPSA) is 60.2 Å². The van der Waals surface area contributed by atoms with Crippen LogP contribution in [0.25, 0.3) is 11.4 Å². The van der Waals surface area contributed by atoms with E-state index in [4.69, 9.17) is 9.72 Å². The predicted molar refractivity (Wildman–Crippen MR) is 99.8 cm³/mol. The molecule has 0 fully saturated rings. The lowest BCUT2D eigenvalue weighted by molar-refractivity contribution is 0.0626. The monoisotopic (exact) mass is 360 g/mol. The highest BCUT2D eigenvalue weighted by molar-refractivity contribution is 5.96. The van der Waals surface area contributed by atoms with Crippen LogP contribution < -0.4 is 0 Å². The van der Waals surface area contributed by atoms with Crippen LogP contribution in [0.2, 0.25) is 0 Å². The molecular weight excluding hydrogens is 340 g/mol. The van der Waals surface area contributed by atoms with Crippen molar-refractivity contribution in [1.82, 2.24) is 19.7 Å². The number of benzene rings is 2. The first-order chi connectivity index (χ1) is 13.2. The smallest absolute Gasteiger partial charge is 0.254 e. The van der Waals surface area contributed by atoms with Crippen LogP contribution in [0, 0.1) is 0 Å². The molecule has 0 unspecified atom stereocenters. The second kappa shape index (κ2) is 6.32. The van der Waals surface area contributed by atoms with E-state index in [0.717, 1.165) is 28.1 Å². The Labute approximate surface area is 157 Å². The van der Waals surface area contributed by atoms with Gasteiger partial charge in [0.25, 0.3) is 5.91 Å². The van der Waals surface area contributed by atoms with E-state index in [2.05, 4.69) is 5.10 Å².